The van der Waals surface area contributed by atoms with Crippen LogP contribution >= 0.6 is 0 Å². The molecule has 0 amide bonds. The normalized spacial score (nSPS) is 10.1. The molecule has 2 nitrogen and oxygen atoms in total. The van der Waals surface area contributed by atoms with Crippen LogP contribution < -0.4 is 0 Å². The molecule has 4 aromatic rings. The number of ketones is 1. The fourth-order valence-corrected chi connectivity index (χ4v) is 2.85. The molecule has 3 aromatic carbocycles. The molecule has 0 aliphatic heterocycles. The Balaban J connectivity index is 0.00000210. The molecule has 0 aliphatic rings. The average molecular weight is 529 g/mol. The Morgan fingerprint density at radius 1 is 0.704 bits per heavy atom. The van der Waals surface area contributed by atoms with Crippen molar-refractivity contribution in [2.75, 3.05) is 0 Å². The van der Waals surface area contributed by atoms with Gasteiger partial charge in [0.15, 0.2) is 5.78 Å². The minimum atomic E-state index is 0. The summed E-state index contributed by atoms with van der Waals surface area (Å²) in [5.41, 5.74) is 5.30. The van der Waals surface area contributed by atoms with Crippen LogP contribution in [0.1, 0.15) is 15.9 Å². The summed E-state index contributed by atoms with van der Waals surface area (Å²) in [6, 6.07) is 32.0. The molecule has 134 valence electrons. The number of benzene rings is 3. The van der Waals surface area contributed by atoms with Crippen molar-refractivity contribution < 1.29 is 25.9 Å². The van der Waals surface area contributed by atoms with Gasteiger partial charge in [0.2, 0.25) is 0 Å². The van der Waals surface area contributed by atoms with Crippen molar-refractivity contribution in [3.8, 4) is 22.4 Å². The number of aromatic nitrogens is 1. The zero-order valence-corrected chi connectivity index (χ0v) is 16.7. The van der Waals surface area contributed by atoms with Crippen molar-refractivity contribution in [1.29, 1.82) is 0 Å². The van der Waals surface area contributed by atoms with Crippen LogP contribution in [0.3, 0.4) is 0 Å². The van der Waals surface area contributed by atoms with E-state index in [-0.39, 0.29) is 26.8 Å². The fraction of sp³-hybridized carbons (Fsp3) is 0. The van der Waals surface area contributed by atoms with E-state index in [1.54, 1.807) is 0 Å². The third-order valence-electron chi connectivity index (χ3n) is 4.26. The summed E-state index contributed by atoms with van der Waals surface area (Å²) >= 11 is 0. The van der Waals surface area contributed by atoms with Gasteiger partial charge in [-0.15, -0.1) is 35.9 Å². The van der Waals surface area contributed by atoms with Crippen LogP contribution in [0.25, 0.3) is 22.4 Å². The van der Waals surface area contributed by atoms with Gasteiger partial charge in [0.1, 0.15) is 0 Å². The second kappa shape index (κ2) is 8.70. The monoisotopic (exact) mass is 529 g/mol. The van der Waals surface area contributed by atoms with Crippen LogP contribution in [0.2, 0.25) is 0 Å². The average Bonchev–Trinajstić information content (AvgIpc) is 2.75. The van der Waals surface area contributed by atoms with E-state index in [1.807, 2.05) is 97.2 Å². The number of nitrogens with zero attached hydrogens (tertiary/aromatic N) is 1. The molecule has 0 saturated heterocycles. The summed E-state index contributed by atoms with van der Waals surface area (Å²) in [4.78, 5) is 17.0. The molecule has 27 heavy (non-hydrogen) atoms. The molecule has 0 fully saturated rings. The number of pyridine rings is 1. The van der Waals surface area contributed by atoms with E-state index >= 15 is 0 Å². The molecule has 1 heterocycles. The summed E-state index contributed by atoms with van der Waals surface area (Å²) in [5.74, 6) is 0.0326. The number of carbonyl (C=O) groups is 1. The van der Waals surface area contributed by atoms with Crippen LogP contribution in [0, 0.1) is 6.07 Å². The standard InChI is InChI=1S/C24H16NO.Pt/c26-24(20-9-5-2-6-10-20)21-13-11-18(12-14-21)22-15-16-23(25-17-22)19-7-3-1-4-8-19;/h1-7,9-17H;/q-1;. The van der Waals surface area contributed by atoms with Crippen molar-refractivity contribution in [3.63, 3.8) is 0 Å². The predicted octanol–water partition coefficient (Wildman–Crippen LogP) is 5.44. The van der Waals surface area contributed by atoms with Crippen LogP contribution in [0.5, 0.6) is 0 Å². The third-order valence-corrected chi connectivity index (χ3v) is 4.26. The second-order valence-electron chi connectivity index (χ2n) is 5.98. The molecule has 0 radical (unpaired) electrons. The van der Waals surface area contributed by atoms with Crippen molar-refractivity contribution in [3.05, 3.63) is 114 Å². The first-order valence-corrected chi connectivity index (χ1v) is 8.44. The Morgan fingerprint density at radius 2 is 1.37 bits per heavy atom. The zero-order chi connectivity index (χ0) is 17.8. The van der Waals surface area contributed by atoms with Crippen LogP contribution in [-0.2, 0) is 21.1 Å². The van der Waals surface area contributed by atoms with Crippen LogP contribution in [0.4, 0.5) is 0 Å². The largest absolute Gasteiger partial charge is 0.304 e. The van der Waals surface area contributed by atoms with Crippen LogP contribution in [-0.4, -0.2) is 10.8 Å². The van der Waals surface area contributed by atoms with Gasteiger partial charge in [-0.05, 0) is 16.8 Å². The summed E-state index contributed by atoms with van der Waals surface area (Å²) in [5, 5.41) is 0. The summed E-state index contributed by atoms with van der Waals surface area (Å²) in [7, 11) is 0. The van der Waals surface area contributed by atoms with E-state index in [0.29, 0.717) is 11.1 Å². The minimum absolute atomic E-state index is 0. The molecule has 0 N–H and O–H groups in total. The molecule has 0 bridgehead atoms. The Bertz CT molecular complexity index is 1010. The topological polar surface area (TPSA) is 30.0 Å². The zero-order valence-electron chi connectivity index (χ0n) is 14.4. The van der Waals surface area contributed by atoms with E-state index in [4.69, 9.17) is 0 Å². The Hall–Kier alpha value is -2.83. The summed E-state index contributed by atoms with van der Waals surface area (Å²) in [6.07, 6.45) is 1.85. The number of hydrogen-bond acceptors (Lipinski definition) is 2. The third kappa shape index (κ3) is 4.29. The molecule has 0 saturated carbocycles. The first-order chi connectivity index (χ1) is 12.8. The Morgan fingerprint density at radius 3 is 2.00 bits per heavy atom. The maximum Gasteiger partial charge on any atom is 0.193 e. The quantitative estimate of drug-likeness (QED) is 0.260. The molecule has 0 atom stereocenters. The molecule has 3 heteroatoms. The molecule has 0 spiro atoms. The molecule has 4 rings (SSSR count). The van der Waals surface area contributed by atoms with Gasteiger partial charge in [0.25, 0.3) is 0 Å². The number of hydrogen-bond donors (Lipinski definition) is 0. The molecule has 0 unspecified atom stereocenters. The van der Waals surface area contributed by atoms with Gasteiger partial charge in [-0.3, -0.25) is 4.79 Å². The van der Waals surface area contributed by atoms with E-state index in [2.05, 4.69) is 11.1 Å². The number of carbonyl (C=O) groups excluding carboxylic acids is 1. The van der Waals surface area contributed by atoms with Gasteiger partial charge in [-0.2, -0.15) is 0 Å². The predicted molar refractivity (Wildman–Crippen MR) is 104 cm³/mol. The van der Waals surface area contributed by atoms with Crippen molar-refractivity contribution in [1.82, 2.24) is 4.98 Å². The minimum Gasteiger partial charge on any atom is -0.304 e. The first-order valence-electron chi connectivity index (χ1n) is 8.44. The Labute approximate surface area is 173 Å². The SMILES string of the molecule is O=C(c1ccccc1)c1ccc(-c2ccc(-c3[c-]cccc3)nc2)cc1.[Pt]. The molecule has 1 aromatic heterocycles. The summed E-state index contributed by atoms with van der Waals surface area (Å²) in [6.45, 7) is 0. The van der Waals surface area contributed by atoms with Gasteiger partial charge in [0, 0.05) is 38.4 Å². The van der Waals surface area contributed by atoms with Crippen molar-refractivity contribution >= 4 is 5.78 Å². The molecule has 0 aliphatic carbocycles. The molecular weight excluding hydrogens is 513 g/mol. The van der Waals surface area contributed by atoms with Gasteiger partial charge < -0.3 is 4.98 Å². The Kier molecular flexibility index (Phi) is 6.11. The van der Waals surface area contributed by atoms with Gasteiger partial charge in [0.05, 0.1) is 0 Å². The second-order valence-corrected chi connectivity index (χ2v) is 5.98. The van der Waals surface area contributed by atoms with Gasteiger partial charge in [-0.25, -0.2) is 0 Å². The van der Waals surface area contributed by atoms with Gasteiger partial charge in [-0.1, -0.05) is 66.7 Å². The van der Waals surface area contributed by atoms with Crippen molar-refractivity contribution in [2.45, 2.75) is 0 Å². The van der Waals surface area contributed by atoms with E-state index in [0.717, 1.165) is 22.4 Å². The van der Waals surface area contributed by atoms with E-state index < -0.39 is 0 Å². The molecular formula is C24H16NOPt-. The van der Waals surface area contributed by atoms with Crippen molar-refractivity contribution in [2.24, 2.45) is 0 Å². The van der Waals surface area contributed by atoms with Gasteiger partial charge >= 0.3 is 0 Å². The van der Waals surface area contributed by atoms with E-state index in [9.17, 15) is 4.79 Å². The van der Waals surface area contributed by atoms with Crippen LogP contribution in [0.15, 0.2) is 97.2 Å². The van der Waals surface area contributed by atoms with E-state index in [1.165, 1.54) is 0 Å². The first kappa shape index (κ1) is 18.9. The fourth-order valence-electron chi connectivity index (χ4n) is 2.85. The number of rotatable bonds is 4. The maximum absolute atomic E-state index is 12.5. The summed E-state index contributed by atoms with van der Waals surface area (Å²) < 4.78 is 0. The maximum atomic E-state index is 12.5. The smallest absolute Gasteiger partial charge is 0.193 e.